The summed E-state index contributed by atoms with van der Waals surface area (Å²) in [7, 11) is 0. The summed E-state index contributed by atoms with van der Waals surface area (Å²) in [6.45, 7) is 0.222. The molecule has 0 bridgehead atoms. The van der Waals surface area contributed by atoms with Crippen LogP contribution in [-0.2, 0) is 22.6 Å². The Morgan fingerprint density at radius 1 is 1.00 bits per heavy atom. The molecule has 7 heteroatoms. The highest BCUT2D eigenvalue weighted by atomic mass is 16.5. The zero-order chi connectivity index (χ0) is 19.3. The van der Waals surface area contributed by atoms with Crippen molar-refractivity contribution in [2.45, 2.75) is 19.1 Å². The summed E-state index contributed by atoms with van der Waals surface area (Å²) in [4.78, 5) is 27.8. The number of aromatic nitrogens is 4. The standard InChI is InChI=1S/C21H19N5O2/c22-17(21(27)28-11-15-4-2-1-3-5-15)10-14-6-8-16(9-7-14)18-19-20(25-12-23-18)26-13-24-19/h1-9,12-13,17H,10-11,22H2,(H,23,24,25,26)/t17-/m0/s1. The molecule has 3 N–H and O–H groups in total. The first-order valence-corrected chi connectivity index (χ1v) is 8.90. The van der Waals surface area contributed by atoms with Gasteiger partial charge >= 0.3 is 5.97 Å². The fourth-order valence-corrected chi connectivity index (χ4v) is 2.96. The van der Waals surface area contributed by atoms with E-state index in [0.29, 0.717) is 12.1 Å². The maximum Gasteiger partial charge on any atom is 0.323 e. The third-order valence-corrected chi connectivity index (χ3v) is 4.43. The number of hydrogen-bond donors (Lipinski definition) is 2. The van der Waals surface area contributed by atoms with E-state index in [4.69, 9.17) is 10.5 Å². The molecule has 2 aromatic heterocycles. The number of rotatable bonds is 6. The normalized spacial score (nSPS) is 12.0. The summed E-state index contributed by atoms with van der Waals surface area (Å²) in [5, 5.41) is 0. The van der Waals surface area contributed by atoms with Crippen LogP contribution in [0.5, 0.6) is 0 Å². The third-order valence-electron chi connectivity index (χ3n) is 4.43. The average Bonchev–Trinajstić information content (AvgIpc) is 3.22. The summed E-state index contributed by atoms with van der Waals surface area (Å²) in [6.07, 6.45) is 3.49. The number of fused-ring (bicyclic) bond motifs is 1. The van der Waals surface area contributed by atoms with Crippen molar-refractivity contribution < 1.29 is 9.53 Å². The van der Waals surface area contributed by atoms with Crippen LogP contribution in [0.2, 0.25) is 0 Å². The minimum Gasteiger partial charge on any atom is -0.460 e. The van der Waals surface area contributed by atoms with E-state index in [1.807, 2.05) is 54.6 Å². The number of esters is 1. The van der Waals surface area contributed by atoms with Gasteiger partial charge in [0.2, 0.25) is 0 Å². The van der Waals surface area contributed by atoms with Crippen molar-refractivity contribution in [3.05, 3.63) is 78.4 Å². The Balaban J connectivity index is 1.40. The van der Waals surface area contributed by atoms with Gasteiger partial charge in [-0.1, -0.05) is 54.6 Å². The van der Waals surface area contributed by atoms with Gasteiger partial charge in [0.1, 0.15) is 24.5 Å². The van der Waals surface area contributed by atoms with Gasteiger partial charge in [-0.25, -0.2) is 15.0 Å². The van der Waals surface area contributed by atoms with Gasteiger partial charge in [0, 0.05) is 5.56 Å². The summed E-state index contributed by atoms with van der Waals surface area (Å²) in [5.74, 6) is -0.414. The van der Waals surface area contributed by atoms with E-state index in [-0.39, 0.29) is 6.61 Å². The molecule has 2 heterocycles. The fourth-order valence-electron chi connectivity index (χ4n) is 2.96. The highest BCUT2D eigenvalue weighted by Gasteiger charge is 2.16. The van der Waals surface area contributed by atoms with Crippen molar-refractivity contribution in [1.29, 1.82) is 0 Å². The summed E-state index contributed by atoms with van der Waals surface area (Å²) in [6, 6.07) is 16.6. The van der Waals surface area contributed by atoms with Gasteiger partial charge in [-0.15, -0.1) is 0 Å². The molecule has 0 spiro atoms. The average molecular weight is 373 g/mol. The summed E-state index contributed by atoms with van der Waals surface area (Å²) in [5.41, 5.74) is 11.0. The molecule has 0 aliphatic rings. The zero-order valence-corrected chi connectivity index (χ0v) is 15.1. The lowest BCUT2D eigenvalue weighted by molar-refractivity contribution is -0.146. The first-order valence-electron chi connectivity index (χ1n) is 8.90. The molecular formula is C21H19N5O2. The Bertz CT molecular complexity index is 1080. The van der Waals surface area contributed by atoms with Crippen molar-refractivity contribution in [3.63, 3.8) is 0 Å². The van der Waals surface area contributed by atoms with Gasteiger partial charge < -0.3 is 15.5 Å². The summed E-state index contributed by atoms with van der Waals surface area (Å²) >= 11 is 0. The van der Waals surface area contributed by atoms with Crippen LogP contribution in [0.3, 0.4) is 0 Å². The quantitative estimate of drug-likeness (QED) is 0.503. The molecule has 2 aromatic carbocycles. The highest BCUT2D eigenvalue weighted by Crippen LogP contribution is 2.23. The Labute approximate surface area is 161 Å². The third kappa shape index (κ3) is 3.89. The molecule has 7 nitrogen and oxygen atoms in total. The van der Waals surface area contributed by atoms with Gasteiger partial charge in [0.15, 0.2) is 5.65 Å². The molecule has 28 heavy (non-hydrogen) atoms. The number of aromatic amines is 1. The number of ether oxygens (including phenoxy) is 1. The maximum atomic E-state index is 12.2. The molecule has 0 aliphatic carbocycles. The number of H-pyrrole nitrogens is 1. The van der Waals surface area contributed by atoms with Crippen LogP contribution in [0, 0.1) is 0 Å². The molecule has 4 rings (SSSR count). The Morgan fingerprint density at radius 3 is 2.57 bits per heavy atom. The first kappa shape index (κ1) is 17.8. The predicted octanol–water partition coefficient (Wildman–Crippen LogP) is 2.63. The van der Waals surface area contributed by atoms with Crippen LogP contribution < -0.4 is 5.73 Å². The molecule has 140 valence electrons. The van der Waals surface area contributed by atoms with Gasteiger partial charge in [-0.05, 0) is 17.5 Å². The highest BCUT2D eigenvalue weighted by molar-refractivity contribution is 5.86. The van der Waals surface area contributed by atoms with Crippen molar-refractivity contribution >= 4 is 17.1 Å². The lowest BCUT2D eigenvalue weighted by atomic mass is 10.0. The Hall–Kier alpha value is -3.58. The van der Waals surface area contributed by atoms with Crippen LogP contribution in [0.15, 0.2) is 67.3 Å². The van der Waals surface area contributed by atoms with Crippen molar-refractivity contribution in [2.24, 2.45) is 5.73 Å². The van der Waals surface area contributed by atoms with Crippen LogP contribution in [0.25, 0.3) is 22.4 Å². The predicted molar refractivity (Wildman–Crippen MR) is 105 cm³/mol. The second-order valence-electron chi connectivity index (χ2n) is 6.42. The van der Waals surface area contributed by atoms with Crippen LogP contribution in [0.4, 0.5) is 0 Å². The fraction of sp³-hybridized carbons (Fsp3) is 0.143. The topological polar surface area (TPSA) is 107 Å². The number of nitrogens with one attached hydrogen (secondary N) is 1. The van der Waals surface area contributed by atoms with Gasteiger partial charge in [-0.2, -0.15) is 0 Å². The van der Waals surface area contributed by atoms with Crippen LogP contribution in [0.1, 0.15) is 11.1 Å². The lowest BCUT2D eigenvalue weighted by Gasteiger charge is -2.12. The summed E-state index contributed by atoms with van der Waals surface area (Å²) < 4.78 is 5.30. The minimum atomic E-state index is -0.715. The zero-order valence-electron chi connectivity index (χ0n) is 15.1. The van der Waals surface area contributed by atoms with Crippen molar-refractivity contribution in [3.8, 4) is 11.3 Å². The van der Waals surface area contributed by atoms with E-state index in [2.05, 4.69) is 19.9 Å². The van der Waals surface area contributed by atoms with Crippen molar-refractivity contribution in [1.82, 2.24) is 19.9 Å². The largest absolute Gasteiger partial charge is 0.460 e. The molecule has 0 unspecified atom stereocenters. The van der Waals surface area contributed by atoms with E-state index in [9.17, 15) is 4.79 Å². The Kier molecular flexibility index (Phi) is 5.07. The number of nitrogens with zero attached hydrogens (tertiary/aromatic N) is 3. The van der Waals surface area contributed by atoms with E-state index in [1.54, 1.807) is 6.33 Å². The molecule has 0 aliphatic heterocycles. The smallest absolute Gasteiger partial charge is 0.323 e. The molecule has 1 atom stereocenters. The van der Waals surface area contributed by atoms with E-state index in [1.165, 1.54) is 6.33 Å². The van der Waals surface area contributed by atoms with Crippen LogP contribution in [-0.4, -0.2) is 31.9 Å². The number of benzene rings is 2. The molecule has 0 fully saturated rings. The monoisotopic (exact) mass is 373 g/mol. The van der Waals surface area contributed by atoms with Crippen LogP contribution >= 0.6 is 0 Å². The number of carbonyl (C=O) groups excluding carboxylic acids is 1. The molecular weight excluding hydrogens is 354 g/mol. The molecule has 0 radical (unpaired) electrons. The van der Waals surface area contributed by atoms with E-state index >= 15 is 0 Å². The second-order valence-corrected chi connectivity index (χ2v) is 6.42. The van der Waals surface area contributed by atoms with E-state index in [0.717, 1.165) is 27.9 Å². The van der Waals surface area contributed by atoms with Crippen molar-refractivity contribution in [2.75, 3.05) is 0 Å². The molecule has 0 saturated heterocycles. The van der Waals surface area contributed by atoms with Gasteiger partial charge in [0.05, 0.1) is 12.0 Å². The number of imidazole rings is 1. The number of nitrogens with two attached hydrogens (primary N) is 1. The second kappa shape index (κ2) is 7.98. The van der Waals surface area contributed by atoms with E-state index < -0.39 is 12.0 Å². The SMILES string of the molecule is N[C@@H](Cc1ccc(-c2ncnc3nc[nH]c23)cc1)C(=O)OCc1ccccc1. The molecule has 0 amide bonds. The number of hydrogen-bond acceptors (Lipinski definition) is 6. The first-order chi connectivity index (χ1) is 13.7. The Morgan fingerprint density at radius 2 is 1.79 bits per heavy atom. The lowest BCUT2D eigenvalue weighted by Crippen LogP contribution is -2.34. The van der Waals surface area contributed by atoms with Gasteiger partial charge in [0.25, 0.3) is 0 Å². The van der Waals surface area contributed by atoms with Gasteiger partial charge in [-0.3, -0.25) is 4.79 Å². The number of carbonyl (C=O) groups is 1. The molecule has 4 aromatic rings. The minimum absolute atomic E-state index is 0.222. The molecule has 0 saturated carbocycles. The maximum absolute atomic E-state index is 12.2.